The van der Waals surface area contributed by atoms with E-state index in [-0.39, 0.29) is 39.1 Å². The molecule has 0 saturated heterocycles. The number of hydrogen-bond donors (Lipinski definition) is 3. The van der Waals surface area contributed by atoms with Crippen molar-refractivity contribution in [3.63, 3.8) is 0 Å². The Morgan fingerprint density at radius 3 is 2.07 bits per heavy atom. The third-order valence-electron chi connectivity index (χ3n) is 4.93. The molecule has 0 saturated carbocycles. The van der Waals surface area contributed by atoms with E-state index in [1.54, 1.807) is 25.1 Å². The molecule has 4 N–H and O–H groups in total. The monoisotopic (exact) mass is 409 g/mol. The van der Waals surface area contributed by atoms with E-state index in [4.69, 9.17) is 5.73 Å². The Balaban J connectivity index is 2.05. The van der Waals surface area contributed by atoms with Crippen LogP contribution in [0.4, 0.5) is 5.69 Å². The molecule has 8 heteroatoms. The predicted molar refractivity (Wildman–Crippen MR) is 106 cm³/mol. The number of aryl methyl sites for hydroxylation is 1. The van der Waals surface area contributed by atoms with Crippen molar-refractivity contribution in [3.8, 4) is 16.9 Å². The summed E-state index contributed by atoms with van der Waals surface area (Å²) in [6.45, 7) is 1.64. The fourth-order valence-corrected chi connectivity index (χ4v) is 4.33. The first-order valence-corrected chi connectivity index (χ1v) is 9.97. The van der Waals surface area contributed by atoms with E-state index >= 15 is 0 Å². The van der Waals surface area contributed by atoms with Crippen LogP contribution in [0.15, 0.2) is 53.4 Å². The fraction of sp³-hybridized carbons (Fsp3) is 0.0476. The lowest BCUT2D eigenvalue weighted by molar-refractivity contribution is 0.0977. The number of carbonyl (C=O) groups is 2. The van der Waals surface area contributed by atoms with Gasteiger partial charge in [0.15, 0.2) is 17.3 Å². The Labute approximate surface area is 166 Å². The Morgan fingerprint density at radius 1 is 0.828 bits per heavy atom. The average molecular weight is 409 g/mol. The first kappa shape index (κ1) is 18.9. The van der Waals surface area contributed by atoms with Gasteiger partial charge in [0.25, 0.3) is 10.1 Å². The highest BCUT2D eigenvalue weighted by Gasteiger charge is 2.34. The quantitative estimate of drug-likeness (QED) is 0.263. The van der Waals surface area contributed by atoms with Gasteiger partial charge in [-0.05, 0) is 24.6 Å². The van der Waals surface area contributed by atoms with Crippen molar-refractivity contribution < 1.29 is 27.7 Å². The molecular formula is C21H15NO6S. The zero-order valence-corrected chi connectivity index (χ0v) is 15.9. The van der Waals surface area contributed by atoms with E-state index in [1.807, 2.05) is 0 Å². The van der Waals surface area contributed by atoms with Crippen LogP contribution in [0.25, 0.3) is 11.1 Å². The number of hydrogen-bond acceptors (Lipinski definition) is 6. The maximum absolute atomic E-state index is 13.0. The lowest BCUT2D eigenvalue weighted by Crippen LogP contribution is -2.21. The Morgan fingerprint density at radius 2 is 1.45 bits per heavy atom. The molecule has 146 valence electrons. The molecule has 0 radical (unpaired) electrons. The van der Waals surface area contributed by atoms with Crippen molar-refractivity contribution in [2.45, 2.75) is 11.8 Å². The van der Waals surface area contributed by atoms with Gasteiger partial charge in [0.05, 0.1) is 11.3 Å². The fourth-order valence-electron chi connectivity index (χ4n) is 3.54. The van der Waals surface area contributed by atoms with Crippen LogP contribution in [0.5, 0.6) is 5.75 Å². The van der Waals surface area contributed by atoms with Crippen molar-refractivity contribution in [1.82, 2.24) is 0 Å². The molecule has 0 aromatic heterocycles. The van der Waals surface area contributed by atoms with E-state index in [0.29, 0.717) is 5.56 Å². The van der Waals surface area contributed by atoms with Gasteiger partial charge in [0.1, 0.15) is 4.90 Å². The molecule has 1 aliphatic carbocycles. The van der Waals surface area contributed by atoms with Gasteiger partial charge < -0.3 is 10.8 Å². The number of ketones is 2. The van der Waals surface area contributed by atoms with Crippen molar-refractivity contribution in [3.05, 3.63) is 76.3 Å². The summed E-state index contributed by atoms with van der Waals surface area (Å²) >= 11 is 0. The van der Waals surface area contributed by atoms with Crippen LogP contribution < -0.4 is 5.73 Å². The van der Waals surface area contributed by atoms with Gasteiger partial charge in [-0.1, -0.05) is 36.4 Å². The van der Waals surface area contributed by atoms with Gasteiger partial charge in [0.2, 0.25) is 0 Å². The van der Waals surface area contributed by atoms with E-state index in [0.717, 1.165) is 0 Å². The van der Waals surface area contributed by atoms with E-state index in [1.165, 1.54) is 30.3 Å². The summed E-state index contributed by atoms with van der Waals surface area (Å²) in [7, 11) is -4.62. The van der Waals surface area contributed by atoms with Gasteiger partial charge in [-0.15, -0.1) is 0 Å². The van der Waals surface area contributed by atoms with E-state index in [9.17, 15) is 27.7 Å². The van der Waals surface area contributed by atoms with Gasteiger partial charge in [-0.25, -0.2) is 0 Å². The third-order valence-corrected chi connectivity index (χ3v) is 5.83. The minimum atomic E-state index is -4.62. The lowest BCUT2D eigenvalue weighted by Gasteiger charge is -2.21. The molecule has 3 aromatic carbocycles. The van der Waals surface area contributed by atoms with E-state index in [2.05, 4.69) is 0 Å². The van der Waals surface area contributed by atoms with Crippen LogP contribution in [-0.4, -0.2) is 29.6 Å². The van der Waals surface area contributed by atoms with Gasteiger partial charge >= 0.3 is 0 Å². The maximum Gasteiger partial charge on any atom is 0.295 e. The molecule has 0 unspecified atom stereocenters. The normalized spacial score (nSPS) is 13.2. The van der Waals surface area contributed by atoms with Crippen LogP contribution in [0.3, 0.4) is 0 Å². The molecule has 7 nitrogen and oxygen atoms in total. The number of rotatable bonds is 2. The summed E-state index contributed by atoms with van der Waals surface area (Å²) in [5.41, 5.74) is 6.38. The molecule has 0 bridgehead atoms. The number of carbonyl (C=O) groups excluding carboxylic acids is 2. The SMILES string of the molecule is Cc1ccc(-c2cc3c(c(O)c2N)C(=O)c2ccccc2C3=O)c(S(=O)(=O)O)c1. The van der Waals surface area contributed by atoms with Crippen molar-refractivity contribution in [2.24, 2.45) is 0 Å². The molecule has 29 heavy (non-hydrogen) atoms. The summed E-state index contributed by atoms with van der Waals surface area (Å²) in [6.07, 6.45) is 0. The zero-order valence-electron chi connectivity index (χ0n) is 15.1. The van der Waals surface area contributed by atoms with Crippen LogP contribution >= 0.6 is 0 Å². The molecule has 0 atom stereocenters. The molecule has 1 aliphatic rings. The molecule has 0 heterocycles. The Hall–Kier alpha value is -3.49. The second-order valence-electron chi connectivity index (χ2n) is 6.79. The first-order chi connectivity index (χ1) is 13.6. The molecule has 0 fully saturated rings. The summed E-state index contributed by atoms with van der Waals surface area (Å²) in [5.74, 6) is -1.65. The highest BCUT2D eigenvalue weighted by Crippen LogP contribution is 2.43. The number of phenols is 1. The number of anilines is 1. The summed E-state index contributed by atoms with van der Waals surface area (Å²) in [5, 5.41) is 10.6. The lowest BCUT2D eigenvalue weighted by atomic mass is 9.81. The largest absolute Gasteiger partial charge is 0.505 e. The maximum atomic E-state index is 13.0. The van der Waals surface area contributed by atoms with Gasteiger partial charge in [-0.2, -0.15) is 8.42 Å². The third kappa shape index (κ3) is 2.81. The summed E-state index contributed by atoms with van der Waals surface area (Å²) in [6, 6.07) is 11.8. The number of phenolic OH excluding ortho intramolecular Hbond substituents is 1. The number of benzene rings is 3. The molecule has 3 aromatic rings. The highest BCUT2D eigenvalue weighted by atomic mass is 32.2. The molecule has 4 rings (SSSR count). The minimum absolute atomic E-state index is 0.00723. The van der Waals surface area contributed by atoms with E-state index < -0.39 is 32.3 Å². The standard InChI is InChI=1S/C21H15NO6S/c1-10-6-7-11(16(8-10)29(26,27)28)14-9-15-17(21(25)18(14)22)20(24)13-5-3-2-4-12(13)19(15)23/h2-9,25H,22H2,1H3,(H,26,27,28). The van der Waals surface area contributed by atoms with Crippen LogP contribution in [-0.2, 0) is 10.1 Å². The Kier molecular flexibility index (Phi) is 4.07. The van der Waals surface area contributed by atoms with Crippen LogP contribution in [0.1, 0.15) is 37.4 Å². The van der Waals surface area contributed by atoms with Gasteiger partial charge in [0, 0.05) is 27.8 Å². The number of nitrogens with two attached hydrogens (primary N) is 1. The minimum Gasteiger partial charge on any atom is -0.505 e. The first-order valence-electron chi connectivity index (χ1n) is 8.53. The van der Waals surface area contributed by atoms with Crippen molar-refractivity contribution >= 4 is 27.4 Å². The molecular weight excluding hydrogens is 394 g/mol. The Bertz CT molecular complexity index is 1340. The second-order valence-corrected chi connectivity index (χ2v) is 8.18. The van der Waals surface area contributed by atoms with Crippen molar-refractivity contribution in [2.75, 3.05) is 5.73 Å². The zero-order chi connectivity index (χ0) is 21.1. The smallest absolute Gasteiger partial charge is 0.295 e. The number of aromatic hydroxyl groups is 1. The number of nitrogen functional groups attached to an aromatic ring is 1. The van der Waals surface area contributed by atoms with Crippen LogP contribution in [0, 0.1) is 6.92 Å². The number of fused-ring (bicyclic) bond motifs is 2. The molecule has 0 spiro atoms. The average Bonchev–Trinajstić information content (AvgIpc) is 2.67. The molecule has 0 aliphatic heterocycles. The summed E-state index contributed by atoms with van der Waals surface area (Å²) in [4.78, 5) is 25.4. The highest BCUT2D eigenvalue weighted by molar-refractivity contribution is 7.86. The predicted octanol–water partition coefficient (Wildman–Crippen LogP) is 2.97. The van der Waals surface area contributed by atoms with Gasteiger partial charge in [-0.3, -0.25) is 14.1 Å². The summed E-state index contributed by atoms with van der Waals surface area (Å²) < 4.78 is 33.4. The second kappa shape index (κ2) is 6.26. The van der Waals surface area contributed by atoms with Crippen LogP contribution in [0.2, 0.25) is 0 Å². The topological polar surface area (TPSA) is 135 Å². The van der Waals surface area contributed by atoms with Crippen molar-refractivity contribution in [1.29, 1.82) is 0 Å². The molecule has 0 amide bonds.